The van der Waals surface area contributed by atoms with Gasteiger partial charge >= 0.3 is 6.03 Å². The van der Waals surface area contributed by atoms with Gasteiger partial charge in [-0.15, -0.1) is 0 Å². The van der Waals surface area contributed by atoms with Gasteiger partial charge in [0.25, 0.3) is 5.89 Å². The van der Waals surface area contributed by atoms with Crippen molar-refractivity contribution in [2.45, 2.75) is 19.9 Å². The number of amides is 2. The highest BCUT2D eigenvalue weighted by molar-refractivity contribution is 6.01. The van der Waals surface area contributed by atoms with Gasteiger partial charge in [0.15, 0.2) is 11.5 Å². The smallest absolute Gasteiger partial charge is 0.327 e. The molecular formula is C27H22N4O4. The number of allylic oxidation sites excluding steroid dienone is 1. The zero-order chi connectivity index (χ0) is 23.9. The molecule has 2 aliphatic rings. The maximum atomic E-state index is 13.4. The first-order valence-corrected chi connectivity index (χ1v) is 11.3. The van der Waals surface area contributed by atoms with Crippen molar-refractivity contribution >= 4 is 17.3 Å². The van der Waals surface area contributed by atoms with E-state index in [2.05, 4.69) is 10.5 Å². The van der Waals surface area contributed by atoms with Crippen LogP contribution in [0.25, 0.3) is 17.0 Å². The van der Waals surface area contributed by atoms with Crippen molar-refractivity contribution < 1.29 is 18.8 Å². The van der Waals surface area contributed by atoms with Crippen LogP contribution in [-0.2, 0) is 0 Å². The Labute approximate surface area is 201 Å². The standard InChI is InChI=1S/C27H22N4O4/c1-16-8-10-19(11-9-16)25-29-26(35-30-25)23-17(2)31(20-12-13-21-22(14-20)34-15-33-21)27(32)28-24(23)18-6-4-3-5-7-18/h3-14,24H,15H2,1-2H3,(H,28,32). The molecule has 0 fully saturated rings. The van der Waals surface area contributed by atoms with Crippen molar-refractivity contribution in [2.24, 2.45) is 0 Å². The van der Waals surface area contributed by atoms with Crippen LogP contribution in [0.4, 0.5) is 10.5 Å². The molecule has 35 heavy (non-hydrogen) atoms. The van der Waals surface area contributed by atoms with Crippen molar-refractivity contribution in [3.05, 3.63) is 95.5 Å². The van der Waals surface area contributed by atoms with Gasteiger partial charge in [0.2, 0.25) is 12.6 Å². The minimum Gasteiger partial charge on any atom is -0.454 e. The van der Waals surface area contributed by atoms with Gasteiger partial charge in [0.05, 0.1) is 17.3 Å². The van der Waals surface area contributed by atoms with Crippen LogP contribution in [-0.4, -0.2) is 23.0 Å². The number of ether oxygens (including phenoxy) is 2. The molecule has 174 valence electrons. The summed E-state index contributed by atoms with van der Waals surface area (Å²) in [5.74, 6) is 2.07. The van der Waals surface area contributed by atoms with Gasteiger partial charge in [-0.25, -0.2) is 4.79 Å². The summed E-state index contributed by atoms with van der Waals surface area (Å²) in [5.41, 5.74) is 4.96. The van der Waals surface area contributed by atoms with Crippen LogP contribution in [0.3, 0.4) is 0 Å². The number of nitrogens with one attached hydrogen (secondary N) is 1. The summed E-state index contributed by atoms with van der Waals surface area (Å²) in [6.07, 6.45) is 0. The maximum absolute atomic E-state index is 13.4. The first-order chi connectivity index (χ1) is 17.1. The monoisotopic (exact) mass is 466 g/mol. The van der Waals surface area contributed by atoms with E-state index in [9.17, 15) is 4.79 Å². The Bertz CT molecular complexity index is 1440. The third-order valence-corrected chi connectivity index (χ3v) is 6.20. The Morgan fingerprint density at radius 3 is 2.51 bits per heavy atom. The molecule has 0 saturated heterocycles. The van der Waals surface area contributed by atoms with Crippen LogP contribution < -0.4 is 19.7 Å². The summed E-state index contributed by atoms with van der Waals surface area (Å²) in [4.78, 5) is 19.7. The fourth-order valence-corrected chi connectivity index (χ4v) is 4.40. The third-order valence-electron chi connectivity index (χ3n) is 6.20. The molecule has 8 heteroatoms. The SMILES string of the molecule is CC1=C(c2nc(-c3ccc(C)cc3)no2)C(c2ccccc2)NC(=O)N1c1ccc2c(c1)OCO2. The molecule has 8 nitrogen and oxygen atoms in total. The summed E-state index contributed by atoms with van der Waals surface area (Å²) in [6.45, 7) is 4.06. The molecule has 1 N–H and O–H groups in total. The Balaban J connectivity index is 1.48. The molecule has 0 aliphatic carbocycles. The normalized spacial score (nSPS) is 17.0. The number of hydrogen-bond donors (Lipinski definition) is 1. The molecule has 2 aliphatic heterocycles. The second-order valence-electron chi connectivity index (χ2n) is 8.45. The van der Waals surface area contributed by atoms with Gasteiger partial charge in [0, 0.05) is 17.3 Å². The Morgan fingerprint density at radius 2 is 1.71 bits per heavy atom. The average molecular weight is 466 g/mol. The van der Waals surface area contributed by atoms with E-state index >= 15 is 0 Å². The molecule has 3 heterocycles. The predicted octanol–water partition coefficient (Wildman–Crippen LogP) is 5.48. The number of fused-ring (bicyclic) bond motifs is 1. The Kier molecular flexibility index (Phi) is 4.99. The minimum absolute atomic E-state index is 0.158. The zero-order valence-electron chi connectivity index (χ0n) is 19.2. The predicted molar refractivity (Wildman–Crippen MR) is 130 cm³/mol. The zero-order valence-corrected chi connectivity index (χ0v) is 19.2. The number of urea groups is 1. The molecule has 0 spiro atoms. The summed E-state index contributed by atoms with van der Waals surface area (Å²) in [5, 5.41) is 7.34. The maximum Gasteiger partial charge on any atom is 0.327 e. The summed E-state index contributed by atoms with van der Waals surface area (Å²) in [6, 6.07) is 22.3. The Hall–Kier alpha value is -4.59. The number of anilines is 1. The van der Waals surface area contributed by atoms with E-state index in [4.69, 9.17) is 19.0 Å². The van der Waals surface area contributed by atoms with Crippen LogP contribution in [0.2, 0.25) is 0 Å². The minimum atomic E-state index is -0.458. The molecule has 6 rings (SSSR count). The molecule has 0 bridgehead atoms. The number of aromatic nitrogens is 2. The first-order valence-electron chi connectivity index (χ1n) is 11.3. The number of carbonyl (C=O) groups is 1. The van der Waals surface area contributed by atoms with Crippen molar-refractivity contribution in [2.75, 3.05) is 11.7 Å². The van der Waals surface area contributed by atoms with Gasteiger partial charge in [-0.05, 0) is 31.5 Å². The van der Waals surface area contributed by atoms with Crippen LogP contribution in [0.5, 0.6) is 11.5 Å². The highest BCUT2D eigenvalue weighted by atomic mass is 16.7. The van der Waals surface area contributed by atoms with Crippen molar-refractivity contribution in [3.8, 4) is 22.9 Å². The lowest BCUT2D eigenvalue weighted by Gasteiger charge is -2.35. The number of hydrogen-bond acceptors (Lipinski definition) is 6. The number of carbonyl (C=O) groups excluding carboxylic acids is 1. The molecule has 4 aromatic rings. The molecule has 2 amide bonds. The lowest BCUT2D eigenvalue weighted by Crippen LogP contribution is -2.46. The van der Waals surface area contributed by atoms with E-state index in [1.807, 2.05) is 74.5 Å². The number of aryl methyl sites for hydroxylation is 1. The fraction of sp³-hybridized carbons (Fsp3) is 0.148. The molecule has 1 aromatic heterocycles. The van der Waals surface area contributed by atoms with Gasteiger partial charge < -0.3 is 19.3 Å². The Morgan fingerprint density at radius 1 is 0.943 bits per heavy atom. The van der Waals surface area contributed by atoms with E-state index in [0.29, 0.717) is 34.6 Å². The largest absolute Gasteiger partial charge is 0.454 e. The van der Waals surface area contributed by atoms with Gasteiger partial charge in [-0.3, -0.25) is 4.90 Å². The second-order valence-corrected chi connectivity index (χ2v) is 8.45. The topological polar surface area (TPSA) is 89.7 Å². The molecular weight excluding hydrogens is 444 g/mol. The van der Waals surface area contributed by atoms with E-state index in [0.717, 1.165) is 22.3 Å². The van der Waals surface area contributed by atoms with E-state index < -0.39 is 6.04 Å². The highest BCUT2D eigenvalue weighted by Gasteiger charge is 2.37. The molecule has 1 unspecified atom stereocenters. The molecule has 0 radical (unpaired) electrons. The highest BCUT2D eigenvalue weighted by Crippen LogP contribution is 2.41. The number of benzene rings is 3. The van der Waals surface area contributed by atoms with E-state index in [1.165, 1.54) is 0 Å². The third kappa shape index (κ3) is 3.69. The van der Waals surface area contributed by atoms with Crippen LogP contribution in [0.1, 0.15) is 30.0 Å². The lowest BCUT2D eigenvalue weighted by atomic mass is 9.94. The molecule has 3 aromatic carbocycles. The summed E-state index contributed by atoms with van der Waals surface area (Å²) in [7, 11) is 0. The second kappa shape index (κ2) is 8.32. The average Bonchev–Trinajstić information content (AvgIpc) is 3.54. The lowest BCUT2D eigenvalue weighted by molar-refractivity contribution is 0.174. The van der Waals surface area contributed by atoms with Crippen LogP contribution in [0, 0.1) is 6.92 Å². The van der Waals surface area contributed by atoms with Gasteiger partial charge in [-0.2, -0.15) is 4.98 Å². The molecule has 1 atom stereocenters. The van der Waals surface area contributed by atoms with Gasteiger partial charge in [0.1, 0.15) is 0 Å². The van der Waals surface area contributed by atoms with Gasteiger partial charge in [-0.1, -0.05) is 65.3 Å². The summed E-state index contributed by atoms with van der Waals surface area (Å²) >= 11 is 0. The van der Waals surface area contributed by atoms with Crippen molar-refractivity contribution in [1.29, 1.82) is 0 Å². The first kappa shape index (κ1) is 21.0. The van der Waals surface area contributed by atoms with E-state index in [1.54, 1.807) is 17.0 Å². The number of nitrogens with zero attached hydrogens (tertiary/aromatic N) is 3. The molecule has 0 saturated carbocycles. The van der Waals surface area contributed by atoms with Crippen LogP contribution in [0.15, 0.2) is 83.0 Å². The van der Waals surface area contributed by atoms with E-state index in [-0.39, 0.29) is 12.8 Å². The number of rotatable bonds is 4. The van der Waals surface area contributed by atoms with Crippen molar-refractivity contribution in [1.82, 2.24) is 15.5 Å². The van der Waals surface area contributed by atoms with Crippen molar-refractivity contribution in [3.63, 3.8) is 0 Å². The summed E-state index contributed by atoms with van der Waals surface area (Å²) < 4.78 is 16.7. The van der Waals surface area contributed by atoms with Crippen LogP contribution >= 0.6 is 0 Å². The quantitative estimate of drug-likeness (QED) is 0.429. The fourth-order valence-electron chi connectivity index (χ4n) is 4.40.